The van der Waals surface area contributed by atoms with Gasteiger partial charge in [-0.15, -0.1) is 0 Å². The number of hydrogen-bond donors (Lipinski definition) is 1. The molecule has 0 heterocycles. The van der Waals surface area contributed by atoms with Crippen molar-refractivity contribution in [2.45, 2.75) is 31.8 Å². The highest BCUT2D eigenvalue weighted by atomic mass is 35.5. The van der Waals surface area contributed by atoms with Crippen molar-refractivity contribution in [2.24, 2.45) is 5.92 Å². The quantitative estimate of drug-likeness (QED) is 0.795. The SMILES string of the molecule is CC(O)C1CCC1c1ccc(Cl)cc1. The topological polar surface area (TPSA) is 20.2 Å². The van der Waals surface area contributed by atoms with Crippen LogP contribution in [0.15, 0.2) is 24.3 Å². The molecule has 0 spiro atoms. The van der Waals surface area contributed by atoms with Crippen molar-refractivity contribution in [1.29, 1.82) is 0 Å². The second-order valence-corrected chi connectivity index (χ2v) is 4.58. The minimum atomic E-state index is -0.190. The molecular weight excluding hydrogens is 196 g/mol. The van der Waals surface area contributed by atoms with E-state index in [-0.39, 0.29) is 6.10 Å². The van der Waals surface area contributed by atoms with Crippen molar-refractivity contribution in [2.75, 3.05) is 0 Å². The zero-order valence-corrected chi connectivity index (χ0v) is 9.04. The number of aliphatic hydroxyl groups is 1. The van der Waals surface area contributed by atoms with Gasteiger partial charge in [0.2, 0.25) is 0 Å². The van der Waals surface area contributed by atoms with Gasteiger partial charge in [-0.1, -0.05) is 23.7 Å². The van der Waals surface area contributed by atoms with E-state index in [9.17, 15) is 5.11 Å². The molecule has 3 atom stereocenters. The Bertz CT molecular complexity index is 305. The van der Waals surface area contributed by atoms with Crippen molar-refractivity contribution in [3.63, 3.8) is 0 Å². The number of rotatable bonds is 2. The molecule has 0 saturated heterocycles. The number of halogens is 1. The summed E-state index contributed by atoms with van der Waals surface area (Å²) >= 11 is 5.83. The predicted molar refractivity (Wildman–Crippen MR) is 58.6 cm³/mol. The molecule has 1 aromatic carbocycles. The summed E-state index contributed by atoms with van der Waals surface area (Å²) in [5, 5.41) is 10.3. The molecule has 1 aliphatic rings. The lowest BCUT2D eigenvalue weighted by atomic mass is 9.68. The van der Waals surface area contributed by atoms with Crippen molar-refractivity contribution >= 4 is 11.6 Å². The van der Waals surface area contributed by atoms with Crippen LogP contribution in [0.25, 0.3) is 0 Å². The average molecular weight is 211 g/mol. The highest BCUT2D eigenvalue weighted by Gasteiger charge is 2.34. The molecule has 1 nitrogen and oxygen atoms in total. The third-order valence-electron chi connectivity index (χ3n) is 3.25. The van der Waals surface area contributed by atoms with Gasteiger partial charge < -0.3 is 5.11 Å². The van der Waals surface area contributed by atoms with E-state index in [1.54, 1.807) is 0 Å². The average Bonchev–Trinajstić information content (AvgIpc) is 2.05. The molecule has 0 aliphatic heterocycles. The van der Waals surface area contributed by atoms with Gasteiger partial charge in [-0.3, -0.25) is 0 Å². The molecule has 0 radical (unpaired) electrons. The Balaban J connectivity index is 2.12. The van der Waals surface area contributed by atoms with Gasteiger partial charge in [-0.05, 0) is 49.3 Å². The van der Waals surface area contributed by atoms with E-state index in [0.717, 1.165) is 11.4 Å². The second-order valence-electron chi connectivity index (χ2n) is 4.14. The standard InChI is InChI=1S/C12H15ClO/c1-8(14)11-6-7-12(11)9-2-4-10(13)5-3-9/h2-5,8,11-12,14H,6-7H2,1H3. The van der Waals surface area contributed by atoms with Crippen molar-refractivity contribution in [1.82, 2.24) is 0 Å². The van der Waals surface area contributed by atoms with E-state index in [2.05, 4.69) is 12.1 Å². The van der Waals surface area contributed by atoms with Crippen LogP contribution in [0.1, 0.15) is 31.2 Å². The molecule has 2 rings (SSSR count). The fourth-order valence-corrected chi connectivity index (χ4v) is 2.35. The van der Waals surface area contributed by atoms with Gasteiger partial charge in [0, 0.05) is 5.02 Å². The Kier molecular flexibility index (Phi) is 2.80. The summed E-state index contributed by atoms with van der Waals surface area (Å²) in [4.78, 5) is 0. The molecule has 76 valence electrons. The molecule has 1 fully saturated rings. The molecule has 2 heteroatoms. The Morgan fingerprint density at radius 3 is 2.36 bits per heavy atom. The number of benzene rings is 1. The van der Waals surface area contributed by atoms with Crippen LogP contribution in [0, 0.1) is 5.92 Å². The van der Waals surface area contributed by atoms with Crippen molar-refractivity contribution < 1.29 is 5.11 Å². The van der Waals surface area contributed by atoms with Crippen molar-refractivity contribution in [3.05, 3.63) is 34.9 Å². The first kappa shape index (κ1) is 10.0. The Morgan fingerprint density at radius 1 is 1.29 bits per heavy atom. The van der Waals surface area contributed by atoms with Gasteiger partial charge in [-0.2, -0.15) is 0 Å². The van der Waals surface area contributed by atoms with E-state index in [1.165, 1.54) is 12.0 Å². The monoisotopic (exact) mass is 210 g/mol. The van der Waals surface area contributed by atoms with Gasteiger partial charge >= 0.3 is 0 Å². The molecule has 14 heavy (non-hydrogen) atoms. The highest BCUT2D eigenvalue weighted by Crippen LogP contribution is 2.44. The summed E-state index contributed by atoms with van der Waals surface area (Å²) in [5.74, 6) is 0.975. The molecule has 1 saturated carbocycles. The van der Waals surface area contributed by atoms with Gasteiger partial charge in [0.05, 0.1) is 6.10 Å². The first-order valence-electron chi connectivity index (χ1n) is 5.12. The van der Waals surface area contributed by atoms with Crippen LogP contribution in [0.4, 0.5) is 0 Å². The third kappa shape index (κ3) is 1.79. The molecule has 0 amide bonds. The summed E-state index contributed by atoms with van der Waals surface area (Å²) in [6.07, 6.45) is 2.15. The van der Waals surface area contributed by atoms with Crippen LogP contribution >= 0.6 is 11.6 Å². The minimum absolute atomic E-state index is 0.190. The molecule has 3 unspecified atom stereocenters. The lowest BCUT2D eigenvalue weighted by Gasteiger charge is -2.39. The Labute approximate surface area is 89.7 Å². The van der Waals surface area contributed by atoms with E-state index in [0.29, 0.717) is 11.8 Å². The maximum atomic E-state index is 9.53. The van der Waals surface area contributed by atoms with E-state index in [4.69, 9.17) is 11.6 Å². The van der Waals surface area contributed by atoms with Crippen LogP contribution in [-0.2, 0) is 0 Å². The van der Waals surface area contributed by atoms with Crippen LogP contribution < -0.4 is 0 Å². The van der Waals surface area contributed by atoms with Gasteiger partial charge in [0.1, 0.15) is 0 Å². The maximum Gasteiger partial charge on any atom is 0.0546 e. The first-order valence-corrected chi connectivity index (χ1v) is 5.50. The fourth-order valence-electron chi connectivity index (χ4n) is 2.23. The Hall–Kier alpha value is -0.530. The normalized spacial score (nSPS) is 28.2. The molecule has 1 aliphatic carbocycles. The lowest BCUT2D eigenvalue weighted by Crippen LogP contribution is -2.32. The highest BCUT2D eigenvalue weighted by molar-refractivity contribution is 6.30. The number of aliphatic hydroxyl groups excluding tert-OH is 1. The van der Waals surface area contributed by atoms with Crippen LogP contribution in [0.5, 0.6) is 0 Å². The minimum Gasteiger partial charge on any atom is -0.393 e. The van der Waals surface area contributed by atoms with Gasteiger partial charge in [-0.25, -0.2) is 0 Å². The lowest BCUT2D eigenvalue weighted by molar-refractivity contribution is 0.0577. The third-order valence-corrected chi connectivity index (χ3v) is 3.50. The second kappa shape index (κ2) is 3.92. The number of hydrogen-bond acceptors (Lipinski definition) is 1. The fraction of sp³-hybridized carbons (Fsp3) is 0.500. The Morgan fingerprint density at radius 2 is 1.93 bits per heavy atom. The van der Waals surface area contributed by atoms with Gasteiger partial charge in [0.25, 0.3) is 0 Å². The summed E-state index contributed by atoms with van der Waals surface area (Å²) in [6.45, 7) is 1.88. The summed E-state index contributed by atoms with van der Waals surface area (Å²) in [5.41, 5.74) is 1.31. The molecular formula is C12H15ClO. The van der Waals surface area contributed by atoms with Crippen LogP contribution in [-0.4, -0.2) is 11.2 Å². The smallest absolute Gasteiger partial charge is 0.0546 e. The van der Waals surface area contributed by atoms with E-state index in [1.807, 2.05) is 19.1 Å². The first-order chi connectivity index (χ1) is 6.68. The summed E-state index contributed by atoms with van der Waals surface area (Å²) < 4.78 is 0. The van der Waals surface area contributed by atoms with Crippen molar-refractivity contribution in [3.8, 4) is 0 Å². The van der Waals surface area contributed by atoms with E-state index < -0.39 is 0 Å². The van der Waals surface area contributed by atoms with Crippen LogP contribution in [0.2, 0.25) is 5.02 Å². The largest absolute Gasteiger partial charge is 0.393 e. The van der Waals surface area contributed by atoms with Crippen LogP contribution in [0.3, 0.4) is 0 Å². The maximum absolute atomic E-state index is 9.53. The van der Waals surface area contributed by atoms with E-state index >= 15 is 0 Å². The zero-order valence-electron chi connectivity index (χ0n) is 8.28. The molecule has 0 aromatic heterocycles. The summed E-state index contributed by atoms with van der Waals surface area (Å²) in [7, 11) is 0. The molecule has 0 bridgehead atoms. The molecule has 1 N–H and O–H groups in total. The zero-order chi connectivity index (χ0) is 10.1. The predicted octanol–water partition coefficient (Wildman–Crippen LogP) is 3.21. The molecule has 1 aromatic rings. The summed E-state index contributed by atoms with van der Waals surface area (Å²) in [6, 6.07) is 7.99. The van der Waals surface area contributed by atoms with Gasteiger partial charge in [0.15, 0.2) is 0 Å².